The van der Waals surface area contributed by atoms with E-state index in [1.165, 1.54) is 0 Å². The Labute approximate surface area is 60.4 Å². The van der Waals surface area contributed by atoms with Crippen molar-refractivity contribution in [3.63, 3.8) is 0 Å². The van der Waals surface area contributed by atoms with E-state index in [2.05, 4.69) is 20.8 Å². The zero-order valence-corrected chi connectivity index (χ0v) is 5.62. The molecule has 0 aromatic heterocycles. The second kappa shape index (κ2) is 6.09. The molecule has 0 amide bonds. The van der Waals surface area contributed by atoms with Gasteiger partial charge in [-0.25, -0.2) is 0 Å². The molecule has 0 aliphatic heterocycles. The van der Waals surface area contributed by atoms with E-state index in [0.717, 1.165) is 6.61 Å². The van der Waals surface area contributed by atoms with E-state index in [1.807, 2.05) is 6.92 Å². The average molecular weight is 134 g/mol. The molecule has 1 nitrogen and oxygen atoms in total. The lowest BCUT2D eigenvalue weighted by atomic mass is 10.2. The Bertz CT molecular complexity index is 43.0. The Kier molecular flexibility index (Phi) is 10.8. The Balaban J connectivity index is -0.000000180. The van der Waals surface area contributed by atoms with Gasteiger partial charge in [0.1, 0.15) is 0 Å². The predicted molar refractivity (Wildman–Crippen MR) is 44.8 cm³/mol. The minimum atomic E-state index is 0. The van der Waals surface area contributed by atoms with Gasteiger partial charge in [0.05, 0.1) is 5.60 Å². The summed E-state index contributed by atoms with van der Waals surface area (Å²) in [6.07, 6.45) is 0. The van der Waals surface area contributed by atoms with Gasteiger partial charge in [-0.1, -0.05) is 14.9 Å². The molecule has 9 heavy (non-hydrogen) atoms. The first kappa shape index (κ1) is 16.0. The lowest BCUT2D eigenvalue weighted by molar-refractivity contribution is 0.00532. The molecule has 0 aromatic carbocycles. The van der Waals surface area contributed by atoms with Gasteiger partial charge in [-0.2, -0.15) is 0 Å². The highest BCUT2D eigenvalue weighted by Crippen LogP contribution is 2.04. The fraction of sp³-hybridized carbons (Fsp3) is 1.00. The summed E-state index contributed by atoms with van der Waals surface area (Å²) < 4.78 is 5.23. The van der Waals surface area contributed by atoms with Crippen molar-refractivity contribution in [2.24, 2.45) is 0 Å². The molecule has 0 atom stereocenters. The topological polar surface area (TPSA) is 9.23 Å². The number of hydrogen-bond donors (Lipinski definition) is 0. The lowest BCUT2D eigenvalue weighted by Crippen LogP contribution is -2.18. The van der Waals surface area contributed by atoms with E-state index in [4.69, 9.17) is 4.74 Å². The molecule has 0 N–H and O–H groups in total. The van der Waals surface area contributed by atoms with Crippen LogP contribution in [-0.4, -0.2) is 12.2 Å². The molecule has 0 aliphatic carbocycles. The smallest absolute Gasteiger partial charge is 0.0598 e. The van der Waals surface area contributed by atoms with E-state index in [-0.39, 0.29) is 20.5 Å². The molecule has 0 heterocycles. The summed E-state index contributed by atoms with van der Waals surface area (Å²) in [5.74, 6) is 0. The van der Waals surface area contributed by atoms with E-state index in [1.54, 1.807) is 0 Å². The van der Waals surface area contributed by atoms with Crippen molar-refractivity contribution in [2.75, 3.05) is 6.61 Å². The monoisotopic (exact) mass is 134 g/mol. The van der Waals surface area contributed by atoms with Crippen LogP contribution in [0.15, 0.2) is 0 Å². The van der Waals surface area contributed by atoms with Crippen molar-refractivity contribution < 1.29 is 4.74 Å². The largest absolute Gasteiger partial charge is 0.376 e. The van der Waals surface area contributed by atoms with E-state index in [9.17, 15) is 0 Å². The summed E-state index contributed by atoms with van der Waals surface area (Å²) in [7, 11) is 0. The van der Waals surface area contributed by atoms with Crippen LogP contribution >= 0.6 is 0 Å². The SMILES string of the molecule is C.C.CCOC(C)(C)C. The van der Waals surface area contributed by atoms with Crippen LogP contribution in [0.25, 0.3) is 0 Å². The molecule has 0 aromatic rings. The molecule has 1 heteroatoms. The maximum absolute atomic E-state index is 5.23. The summed E-state index contributed by atoms with van der Waals surface area (Å²) in [6.45, 7) is 8.97. The van der Waals surface area contributed by atoms with Gasteiger partial charge < -0.3 is 4.74 Å². The van der Waals surface area contributed by atoms with Crippen LogP contribution in [-0.2, 0) is 4.74 Å². The highest BCUT2D eigenvalue weighted by Gasteiger charge is 2.06. The van der Waals surface area contributed by atoms with Crippen LogP contribution < -0.4 is 0 Å². The van der Waals surface area contributed by atoms with Crippen LogP contribution in [0.3, 0.4) is 0 Å². The fourth-order valence-corrected chi connectivity index (χ4v) is 0.433. The zero-order valence-electron chi connectivity index (χ0n) is 5.62. The molecule has 0 bridgehead atoms. The Morgan fingerprint density at radius 3 is 1.44 bits per heavy atom. The second-order valence-electron chi connectivity index (χ2n) is 2.55. The van der Waals surface area contributed by atoms with Crippen LogP contribution in [0.2, 0.25) is 0 Å². The van der Waals surface area contributed by atoms with Crippen molar-refractivity contribution in [3.8, 4) is 0 Å². The van der Waals surface area contributed by atoms with Crippen molar-refractivity contribution >= 4 is 0 Å². The highest BCUT2D eigenvalue weighted by atomic mass is 16.5. The number of rotatable bonds is 1. The summed E-state index contributed by atoms with van der Waals surface area (Å²) in [5, 5.41) is 0. The third-order valence-corrected chi connectivity index (χ3v) is 0.577. The van der Waals surface area contributed by atoms with Crippen molar-refractivity contribution in [1.82, 2.24) is 0 Å². The van der Waals surface area contributed by atoms with Gasteiger partial charge in [-0.05, 0) is 27.7 Å². The molecule has 0 rings (SSSR count). The summed E-state index contributed by atoms with van der Waals surface area (Å²) in [6, 6.07) is 0. The molecule has 0 radical (unpaired) electrons. The van der Waals surface area contributed by atoms with Gasteiger partial charge in [0.15, 0.2) is 0 Å². The van der Waals surface area contributed by atoms with E-state index in [0.29, 0.717) is 0 Å². The van der Waals surface area contributed by atoms with Gasteiger partial charge >= 0.3 is 0 Å². The fourth-order valence-electron chi connectivity index (χ4n) is 0.433. The lowest BCUT2D eigenvalue weighted by Gasteiger charge is -2.17. The highest BCUT2D eigenvalue weighted by molar-refractivity contribution is 4.56. The summed E-state index contributed by atoms with van der Waals surface area (Å²) >= 11 is 0. The molecule has 0 saturated carbocycles. The van der Waals surface area contributed by atoms with Crippen LogP contribution in [0, 0.1) is 0 Å². The van der Waals surface area contributed by atoms with Gasteiger partial charge in [-0.3, -0.25) is 0 Å². The Morgan fingerprint density at radius 1 is 1.11 bits per heavy atom. The van der Waals surface area contributed by atoms with Crippen LogP contribution in [0.1, 0.15) is 42.5 Å². The molecule has 0 unspecified atom stereocenters. The zero-order chi connectivity index (χ0) is 5.91. The molecule has 60 valence electrons. The van der Waals surface area contributed by atoms with Gasteiger partial charge in [0, 0.05) is 6.61 Å². The average Bonchev–Trinajstić information content (AvgIpc) is 1.30. The van der Waals surface area contributed by atoms with Gasteiger partial charge in [0.25, 0.3) is 0 Å². The van der Waals surface area contributed by atoms with Crippen molar-refractivity contribution in [2.45, 2.75) is 48.1 Å². The van der Waals surface area contributed by atoms with E-state index < -0.39 is 0 Å². The third kappa shape index (κ3) is 18.0. The molecular formula is C8H22O. The first-order chi connectivity index (χ1) is 3.06. The molecule has 0 aliphatic rings. The quantitative estimate of drug-likeness (QED) is 0.535. The molecule has 0 spiro atoms. The third-order valence-electron chi connectivity index (χ3n) is 0.577. The first-order valence-electron chi connectivity index (χ1n) is 2.70. The van der Waals surface area contributed by atoms with Crippen molar-refractivity contribution in [1.29, 1.82) is 0 Å². The van der Waals surface area contributed by atoms with Gasteiger partial charge in [0.2, 0.25) is 0 Å². The molecule has 0 fully saturated rings. The standard InChI is InChI=1S/C6H14O.2CH4/c1-5-7-6(2,3)4;;/h5H2,1-4H3;2*1H4. The first-order valence-corrected chi connectivity index (χ1v) is 2.70. The summed E-state index contributed by atoms with van der Waals surface area (Å²) in [5.41, 5.74) is 0.0503. The number of hydrogen-bond acceptors (Lipinski definition) is 1. The Hall–Kier alpha value is -0.0400. The minimum absolute atomic E-state index is 0. The van der Waals surface area contributed by atoms with E-state index >= 15 is 0 Å². The van der Waals surface area contributed by atoms with Gasteiger partial charge in [-0.15, -0.1) is 0 Å². The predicted octanol–water partition coefficient (Wildman–Crippen LogP) is 3.09. The minimum Gasteiger partial charge on any atom is -0.376 e. The molecule has 0 saturated heterocycles. The van der Waals surface area contributed by atoms with Crippen LogP contribution in [0.5, 0.6) is 0 Å². The maximum Gasteiger partial charge on any atom is 0.0598 e. The maximum atomic E-state index is 5.23. The summed E-state index contributed by atoms with van der Waals surface area (Å²) in [4.78, 5) is 0. The van der Waals surface area contributed by atoms with Crippen molar-refractivity contribution in [3.05, 3.63) is 0 Å². The normalized spacial score (nSPS) is 9.33. The van der Waals surface area contributed by atoms with Crippen LogP contribution in [0.4, 0.5) is 0 Å². The second-order valence-corrected chi connectivity index (χ2v) is 2.55. The number of ether oxygens (including phenoxy) is 1. The Morgan fingerprint density at radius 2 is 1.44 bits per heavy atom. The molecular weight excluding hydrogens is 112 g/mol.